The molecule has 0 aliphatic carbocycles. The highest BCUT2D eigenvalue weighted by atomic mass is 16.5. The van der Waals surface area contributed by atoms with E-state index in [9.17, 15) is 0 Å². The lowest BCUT2D eigenvalue weighted by Crippen LogP contribution is -2.24. The maximum absolute atomic E-state index is 6.16. The van der Waals surface area contributed by atoms with E-state index in [0.29, 0.717) is 6.61 Å². The SMILES string of the molecule is CCCCCCCN(CC)CC#CCOC(c1ccccc1)c1ccccc1. The van der Waals surface area contributed by atoms with Crippen LogP contribution in [0.2, 0.25) is 0 Å². The monoisotopic (exact) mass is 377 g/mol. The van der Waals surface area contributed by atoms with Gasteiger partial charge in [-0.3, -0.25) is 4.90 Å². The molecule has 150 valence electrons. The Morgan fingerprint density at radius 3 is 1.96 bits per heavy atom. The Kier molecular flexibility index (Phi) is 11.1. The number of hydrogen-bond donors (Lipinski definition) is 0. The maximum atomic E-state index is 6.16. The summed E-state index contributed by atoms with van der Waals surface area (Å²) in [5.41, 5.74) is 2.33. The second kappa shape index (κ2) is 14.0. The Balaban J connectivity index is 1.82. The van der Waals surface area contributed by atoms with Gasteiger partial charge in [0.25, 0.3) is 0 Å². The zero-order chi connectivity index (χ0) is 19.9. The van der Waals surface area contributed by atoms with Crippen molar-refractivity contribution < 1.29 is 4.74 Å². The molecule has 0 N–H and O–H groups in total. The molecule has 2 aromatic rings. The van der Waals surface area contributed by atoms with Gasteiger partial charge in [0.15, 0.2) is 0 Å². The van der Waals surface area contributed by atoms with Crippen molar-refractivity contribution in [3.05, 3.63) is 71.8 Å². The Labute approximate surface area is 171 Å². The average Bonchev–Trinajstić information content (AvgIpc) is 2.76. The highest BCUT2D eigenvalue weighted by Crippen LogP contribution is 2.25. The number of rotatable bonds is 12. The van der Waals surface area contributed by atoms with Gasteiger partial charge < -0.3 is 4.74 Å². The molecular weight excluding hydrogens is 342 g/mol. The van der Waals surface area contributed by atoms with Crippen LogP contribution < -0.4 is 0 Å². The van der Waals surface area contributed by atoms with Gasteiger partial charge in [0, 0.05) is 0 Å². The number of ether oxygens (including phenoxy) is 1. The summed E-state index contributed by atoms with van der Waals surface area (Å²) in [4.78, 5) is 2.42. The predicted molar refractivity (Wildman–Crippen MR) is 119 cm³/mol. The molecule has 0 spiro atoms. The molecule has 2 aromatic carbocycles. The summed E-state index contributed by atoms with van der Waals surface area (Å²) < 4.78 is 6.16. The van der Waals surface area contributed by atoms with Gasteiger partial charge in [-0.2, -0.15) is 0 Å². The number of unbranched alkanes of at least 4 members (excludes halogenated alkanes) is 4. The molecule has 2 heteroatoms. The van der Waals surface area contributed by atoms with E-state index in [1.165, 1.54) is 32.1 Å². The second-order valence-electron chi connectivity index (χ2n) is 7.15. The molecule has 0 atom stereocenters. The third kappa shape index (κ3) is 8.30. The van der Waals surface area contributed by atoms with Crippen molar-refractivity contribution in [2.75, 3.05) is 26.2 Å². The van der Waals surface area contributed by atoms with Gasteiger partial charge in [-0.15, -0.1) is 0 Å². The lowest BCUT2D eigenvalue weighted by Gasteiger charge is -2.18. The molecule has 0 amide bonds. The lowest BCUT2D eigenvalue weighted by atomic mass is 10.0. The normalized spacial score (nSPS) is 10.9. The molecule has 2 nitrogen and oxygen atoms in total. The molecule has 0 saturated heterocycles. The fourth-order valence-corrected chi connectivity index (χ4v) is 3.27. The number of nitrogens with zero attached hydrogens (tertiary/aromatic N) is 1. The molecule has 28 heavy (non-hydrogen) atoms. The van der Waals surface area contributed by atoms with E-state index in [4.69, 9.17) is 4.74 Å². The molecule has 0 aromatic heterocycles. The fraction of sp³-hybridized carbons (Fsp3) is 0.462. The Morgan fingerprint density at radius 2 is 1.39 bits per heavy atom. The van der Waals surface area contributed by atoms with Crippen LogP contribution >= 0.6 is 0 Å². The minimum absolute atomic E-state index is 0.0717. The van der Waals surface area contributed by atoms with Crippen molar-refractivity contribution in [2.24, 2.45) is 0 Å². The summed E-state index contributed by atoms with van der Waals surface area (Å²) in [6, 6.07) is 20.7. The summed E-state index contributed by atoms with van der Waals surface area (Å²) in [5, 5.41) is 0. The van der Waals surface area contributed by atoms with Crippen molar-refractivity contribution in [1.82, 2.24) is 4.90 Å². The van der Waals surface area contributed by atoms with Crippen LogP contribution in [0.1, 0.15) is 63.2 Å². The van der Waals surface area contributed by atoms with Crippen molar-refractivity contribution in [3.8, 4) is 11.8 Å². The highest BCUT2D eigenvalue weighted by molar-refractivity contribution is 5.30. The van der Waals surface area contributed by atoms with Crippen LogP contribution in [0.5, 0.6) is 0 Å². The van der Waals surface area contributed by atoms with Crippen molar-refractivity contribution >= 4 is 0 Å². The molecule has 0 bridgehead atoms. The van der Waals surface area contributed by atoms with Gasteiger partial charge in [0.2, 0.25) is 0 Å². The lowest BCUT2D eigenvalue weighted by molar-refractivity contribution is 0.108. The molecule has 0 fully saturated rings. The van der Waals surface area contributed by atoms with Crippen LogP contribution in [-0.2, 0) is 4.74 Å². The molecule has 0 aliphatic heterocycles. The highest BCUT2D eigenvalue weighted by Gasteiger charge is 2.13. The quantitative estimate of drug-likeness (QED) is 0.328. The number of hydrogen-bond acceptors (Lipinski definition) is 2. The first kappa shape index (κ1) is 22.2. The van der Waals surface area contributed by atoms with Gasteiger partial charge in [-0.05, 0) is 30.6 Å². The first-order chi connectivity index (χ1) is 13.8. The zero-order valence-electron chi connectivity index (χ0n) is 17.6. The first-order valence-electron chi connectivity index (χ1n) is 10.7. The fourth-order valence-electron chi connectivity index (χ4n) is 3.27. The minimum Gasteiger partial charge on any atom is -0.356 e. The van der Waals surface area contributed by atoms with E-state index in [-0.39, 0.29) is 6.10 Å². The van der Waals surface area contributed by atoms with E-state index < -0.39 is 0 Å². The molecule has 0 unspecified atom stereocenters. The van der Waals surface area contributed by atoms with E-state index in [2.05, 4.69) is 79.1 Å². The summed E-state index contributed by atoms with van der Waals surface area (Å²) in [5.74, 6) is 6.51. The van der Waals surface area contributed by atoms with Crippen molar-refractivity contribution in [3.63, 3.8) is 0 Å². The van der Waals surface area contributed by atoms with Gasteiger partial charge in [-0.1, -0.05) is 112 Å². The zero-order valence-corrected chi connectivity index (χ0v) is 17.6. The van der Waals surface area contributed by atoms with Gasteiger partial charge >= 0.3 is 0 Å². The average molecular weight is 378 g/mol. The van der Waals surface area contributed by atoms with Crippen LogP contribution in [-0.4, -0.2) is 31.1 Å². The topological polar surface area (TPSA) is 12.5 Å². The van der Waals surface area contributed by atoms with Crippen molar-refractivity contribution in [2.45, 2.75) is 52.1 Å². The largest absolute Gasteiger partial charge is 0.356 e. The third-order valence-corrected chi connectivity index (χ3v) is 4.98. The van der Waals surface area contributed by atoms with E-state index in [1.807, 2.05) is 12.1 Å². The molecule has 0 aliphatic rings. The van der Waals surface area contributed by atoms with Crippen LogP contribution in [0.4, 0.5) is 0 Å². The van der Waals surface area contributed by atoms with E-state index in [1.54, 1.807) is 0 Å². The van der Waals surface area contributed by atoms with E-state index in [0.717, 1.165) is 30.8 Å². The van der Waals surface area contributed by atoms with E-state index >= 15 is 0 Å². The molecule has 2 rings (SSSR count). The minimum atomic E-state index is -0.0717. The van der Waals surface area contributed by atoms with Crippen molar-refractivity contribution in [1.29, 1.82) is 0 Å². The van der Waals surface area contributed by atoms with Gasteiger partial charge in [0.05, 0.1) is 6.54 Å². The standard InChI is InChI=1S/C26H35NO/c1-3-5-6-7-14-21-27(4-2)22-15-16-23-28-26(24-17-10-8-11-18-24)25-19-12-9-13-20-25/h8-13,17-20,26H,3-7,14,21-23H2,1-2H3. The molecule has 0 radical (unpaired) electrons. The predicted octanol–water partition coefficient (Wildman–Crippen LogP) is 6.09. The number of benzene rings is 2. The summed E-state index contributed by atoms with van der Waals surface area (Å²) in [6.45, 7) is 7.95. The summed E-state index contributed by atoms with van der Waals surface area (Å²) in [6.07, 6.45) is 6.54. The third-order valence-electron chi connectivity index (χ3n) is 4.98. The molecular formula is C26H35NO. The molecule has 0 heterocycles. The Morgan fingerprint density at radius 1 is 0.786 bits per heavy atom. The van der Waals surface area contributed by atoms with Crippen LogP contribution in [0.25, 0.3) is 0 Å². The Hall–Kier alpha value is -2.08. The van der Waals surface area contributed by atoms with Crippen LogP contribution in [0.15, 0.2) is 60.7 Å². The summed E-state index contributed by atoms with van der Waals surface area (Å²) >= 11 is 0. The second-order valence-corrected chi connectivity index (χ2v) is 7.15. The Bertz CT molecular complexity index is 647. The molecule has 0 saturated carbocycles. The maximum Gasteiger partial charge on any atom is 0.109 e. The first-order valence-corrected chi connectivity index (χ1v) is 10.7. The summed E-state index contributed by atoms with van der Waals surface area (Å²) in [7, 11) is 0. The van der Waals surface area contributed by atoms with Crippen LogP contribution in [0.3, 0.4) is 0 Å². The van der Waals surface area contributed by atoms with Gasteiger partial charge in [0.1, 0.15) is 12.7 Å². The smallest absolute Gasteiger partial charge is 0.109 e. The van der Waals surface area contributed by atoms with Crippen LogP contribution in [0, 0.1) is 11.8 Å². The van der Waals surface area contributed by atoms with Gasteiger partial charge in [-0.25, -0.2) is 0 Å².